The lowest BCUT2D eigenvalue weighted by molar-refractivity contribution is 0.281. The molecule has 78 valence electrons. The highest BCUT2D eigenvalue weighted by atomic mass is 79.9. The van der Waals surface area contributed by atoms with Gasteiger partial charge in [0.2, 0.25) is 0 Å². The SMILES string of the molecule is OCc1nc(-c2ccc(F)c(Br)c2)cs1. The van der Waals surface area contributed by atoms with E-state index in [-0.39, 0.29) is 12.4 Å². The molecular weight excluding hydrogens is 281 g/mol. The molecule has 2 rings (SSSR count). The molecule has 2 nitrogen and oxygen atoms in total. The van der Waals surface area contributed by atoms with Crippen LogP contribution in [0.1, 0.15) is 5.01 Å². The van der Waals surface area contributed by atoms with E-state index in [1.54, 1.807) is 12.1 Å². The van der Waals surface area contributed by atoms with Gasteiger partial charge in [0, 0.05) is 10.9 Å². The highest BCUT2D eigenvalue weighted by Gasteiger charge is 2.06. The topological polar surface area (TPSA) is 33.1 Å². The number of hydrogen-bond donors (Lipinski definition) is 1. The molecular formula is C10H7BrFNOS. The van der Waals surface area contributed by atoms with Crippen LogP contribution < -0.4 is 0 Å². The predicted octanol–water partition coefficient (Wildman–Crippen LogP) is 3.20. The van der Waals surface area contributed by atoms with Crippen LogP contribution in [0.2, 0.25) is 0 Å². The summed E-state index contributed by atoms with van der Waals surface area (Å²) in [4.78, 5) is 4.19. The van der Waals surface area contributed by atoms with Crippen molar-refractivity contribution < 1.29 is 9.50 Å². The van der Waals surface area contributed by atoms with Gasteiger partial charge in [0.15, 0.2) is 0 Å². The first kappa shape index (κ1) is 10.7. The van der Waals surface area contributed by atoms with Gasteiger partial charge in [-0.2, -0.15) is 0 Å². The standard InChI is InChI=1S/C10H7BrFNOS/c11-7-3-6(1-2-8(7)12)9-5-15-10(4-14)13-9/h1-3,5,14H,4H2. The Morgan fingerprint density at radius 3 is 2.87 bits per heavy atom. The van der Waals surface area contributed by atoms with E-state index in [4.69, 9.17) is 5.11 Å². The molecule has 1 aromatic carbocycles. The van der Waals surface area contributed by atoms with Crippen LogP contribution in [-0.2, 0) is 6.61 Å². The second-order valence-electron chi connectivity index (χ2n) is 2.91. The number of nitrogens with zero attached hydrogens (tertiary/aromatic N) is 1. The van der Waals surface area contributed by atoms with Crippen LogP contribution in [0.25, 0.3) is 11.3 Å². The third-order valence-electron chi connectivity index (χ3n) is 1.90. The Bertz CT molecular complexity index is 486. The fourth-order valence-corrected chi connectivity index (χ4v) is 2.21. The quantitative estimate of drug-likeness (QED) is 0.920. The van der Waals surface area contributed by atoms with Crippen molar-refractivity contribution in [1.82, 2.24) is 4.98 Å². The Balaban J connectivity index is 2.40. The van der Waals surface area contributed by atoms with Gasteiger partial charge < -0.3 is 5.11 Å². The molecule has 0 amide bonds. The van der Waals surface area contributed by atoms with E-state index in [1.807, 2.05) is 5.38 Å². The summed E-state index contributed by atoms with van der Waals surface area (Å²) in [6.45, 7) is -0.0625. The average molecular weight is 288 g/mol. The molecule has 0 fully saturated rings. The number of aliphatic hydroxyl groups is 1. The molecule has 0 bridgehead atoms. The van der Waals surface area contributed by atoms with Crippen molar-refractivity contribution >= 4 is 27.3 Å². The van der Waals surface area contributed by atoms with Gasteiger partial charge in [0.05, 0.1) is 16.8 Å². The molecule has 0 saturated carbocycles. The summed E-state index contributed by atoms with van der Waals surface area (Å²) in [5.74, 6) is -0.295. The maximum atomic E-state index is 13.0. The van der Waals surface area contributed by atoms with Crippen molar-refractivity contribution in [1.29, 1.82) is 0 Å². The van der Waals surface area contributed by atoms with E-state index in [0.29, 0.717) is 9.48 Å². The molecule has 15 heavy (non-hydrogen) atoms. The van der Waals surface area contributed by atoms with Crippen molar-refractivity contribution in [2.75, 3.05) is 0 Å². The van der Waals surface area contributed by atoms with Gasteiger partial charge in [-0.3, -0.25) is 0 Å². The third-order valence-corrected chi connectivity index (χ3v) is 3.34. The monoisotopic (exact) mass is 287 g/mol. The summed E-state index contributed by atoms with van der Waals surface area (Å²) in [5.41, 5.74) is 1.59. The Morgan fingerprint density at radius 2 is 2.27 bits per heavy atom. The van der Waals surface area contributed by atoms with E-state index in [1.165, 1.54) is 17.4 Å². The zero-order valence-electron chi connectivity index (χ0n) is 7.58. The Morgan fingerprint density at radius 1 is 1.47 bits per heavy atom. The van der Waals surface area contributed by atoms with Crippen LogP contribution in [0.15, 0.2) is 28.1 Å². The Kier molecular flexibility index (Phi) is 3.14. The Labute approximate surface area is 98.5 Å². The number of rotatable bonds is 2. The van der Waals surface area contributed by atoms with Crippen molar-refractivity contribution in [2.45, 2.75) is 6.61 Å². The van der Waals surface area contributed by atoms with Crippen molar-refractivity contribution in [3.05, 3.63) is 38.9 Å². The van der Waals surface area contributed by atoms with Gasteiger partial charge in [-0.25, -0.2) is 9.37 Å². The molecule has 2 aromatic rings. The lowest BCUT2D eigenvalue weighted by atomic mass is 10.2. The van der Waals surface area contributed by atoms with E-state index in [9.17, 15) is 4.39 Å². The smallest absolute Gasteiger partial charge is 0.137 e. The molecule has 0 spiro atoms. The van der Waals surface area contributed by atoms with Gasteiger partial charge in [-0.1, -0.05) is 0 Å². The lowest BCUT2D eigenvalue weighted by Gasteiger charge is -1.98. The molecule has 1 N–H and O–H groups in total. The maximum Gasteiger partial charge on any atom is 0.137 e. The highest BCUT2D eigenvalue weighted by Crippen LogP contribution is 2.26. The minimum Gasteiger partial charge on any atom is -0.389 e. The third kappa shape index (κ3) is 2.25. The molecule has 0 radical (unpaired) electrons. The van der Waals surface area contributed by atoms with Crippen LogP contribution in [0.5, 0.6) is 0 Å². The van der Waals surface area contributed by atoms with E-state index >= 15 is 0 Å². The van der Waals surface area contributed by atoms with Gasteiger partial charge in [0.25, 0.3) is 0 Å². The highest BCUT2D eigenvalue weighted by molar-refractivity contribution is 9.10. The molecule has 1 heterocycles. The summed E-state index contributed by atoms with van der Waals surface area (Å²) in [7, 11) is 0. The fourth-order valence-electron chi connectivity index (χ4n) is 1.17. The number of halogens is 2. The molecule has 0 atom stereocenters. The summed E-state index contributed by atoms with van der Waals surface area (Å²) < 4.78 is 13.4. The number of aromatic nitrogens is 1. The number of aliphatic hydroxyl groups excluding tert-OH is 1. The number of benzene rings is 1. The minimum absolute atomic E-state index is 0.0625. The largest absolute Gasteiger partial charge is 0.389 e. The van der Waals surface area contributed by atoms with Gasteiger partial charge >= 0.3 is 0 Å². The first-order chi connectivity index (χ1) is 7.20. The van der Waals surface area contributed by atoms with E-state index in [0.717, 1.165) is 11.3 Å². The van der Waals surface area contributed by atoms with Gasteiger partial charge in [-0.05, 0) is 34.1 Å². The molecule has 1 aromatic heterocycles. The Hall–Kier alpha value is -0.780. The summed E-state index contributed by atoms with van der Waals surface area (Å²) in [6.07, 6.45) is 0. The zero-order chi connectivity index (χ0) is 10.8. The van der Waals surface area contributed by atoms with Crippen LogP contribution in [0, 0.1) is 5.82 Å². The molecule has 0 saturated heterocycles. The molecule has 0 aliphatic carbocycles. The van der Waals surface area contributed by atoms with Crippen LogP contribution in [-0.4, -0.2) is 10.1 Å². The average Bonchev–Trinajstić information content (AvgIpc) is 2.70. The summed E-state index contributed by atoms with van der Waals surface area (Å²) in [5, 5.41) is 11.4. The number of hydrogen-bond acceptors (Lipinski definition) is 3. The maximum absolute atomic E-state index is 13.0. The predicted molar refractivity (Wildman–Crippen MR) is 61.1 cm³/mol. The van der Waals surface area contributed by atoms with E-state index in [2.05, 4.69) is 20.9 Å². The summed E-state index contributed by atoms with van der Waals surface area (Å²) in [6, 6.07) is 4.72. The van der Waals surface area contributed by atoms with Crippen LogP contribution in [0.4, 0.5) is 4.39 Å². The first-order valence-electron chi connectivity index (χ1n) is 4.21. The second kappa shape index (κ2) is 4.38. The van der Waals surface area contributed by atoms with Gasteiger partial charge in [-0.15, -0.1) is 11.3 Å². The molecule has 5 heteroatoms. The van der Waals surface area contributed by atoms with Crippen molar-refractivity contribution in [3.8, 4) is 11.3 Å². The molecule has 0 aliphatic heterocycles. The van der Waals surface area contributed by atoms with Crippen LogP contribution in [0.3, 0.4) is 0 Å². The van der Waals surface area contributed by atoms with Gasteiger partial charge in [0.1, 0.15) is 10.8 Å². The molecule has 0 unspecified atom stereocenters. The second-order valence-corrected chi connectivity index (χ2v) is 4.71. The van der Waals surface area contributed by atoms with Crippen molar-refractivity contribution in [3.63, 3.8) is 0 Å². The molecule has 0 aliphatic rings. The normalized spacial score (nSPS) is 10.6. The fraction of sp³-hybridized carbons (Fsp3) is 0.100. The minimum atomic E-state index is -0.295. The van der Waals surface area contributed by atoms with Crippen LogP contribution >= 0.6 is 27.3 Å². The zero-order valence-corrected chi connectivity index (χ0v) is 9.98. The summed E-state index contributed by atoms with van der Waals surface area (Å²) >= 11 is 4.50. The van der Waals surface area contributed by atoms with Crippen molar-refractivity contribution in [2.24, 2.45) is 0 Å². The van der Waals surface area contributed by atoms with E-state index < -0.39 is 0 Å². The first-order valence-corrected chi connectivity index (χ1v) is 5.88. The lowest BCUT2D eigenvalue weighted by Crippen LogP contribution is -1.84. The number of thiazole rings is 1.